The van der Waals surface area contributed by atoms with Crippen LogP contribution in [-0.2, 0) is 0 Å². The van der Waals surface area contributed by atoms with Crippen LogP contribution >= 0.6 is 0 Å². The topological polar surface area (TPSA) is 26.0 Å². The molecule has 0 aliphatic carbocycles. The van der Waals surface area contributed by atoms with Gasteiger partial charge in [0.25, 0.3) is 0 Å². The average molecular weight is 157 g/mol. The maximum atomic E-state index is 5.65. The molecule has 0 saturated carbocycles. The zero-order valence-electron chi connectivity index (χ0n) is 8.65. The highest BCUT2D eigenvalue weighted by Gasteiger charge is 2.26. The summed E-state index contributed by atoms with van der Waals surface area (Å²) in [6.07, 6.45) is 1.24. The predicted octanol–water partition coefficient (Wildman–Crippen LogP) is 2.65. The molecule has 0 heterocycles. The lowest BCUT2D eigenvalue weighted by Gasteiger charge is -2.34. The van der Waals surface area contributed by atoms with E-state index in [1.165, 1.54) is 6.42 Å². The van der Waals surface area contributed by atoms with Crippen molar-refractivity contribution < 1.29 is 0 Å². The molecule has 1 nitrogen and oxygen atoms in total. The summed E-state index contributed by atoms with van der Waals surface area (Å²) in [5.41, 5.74) is 6.06. The Morgan fingerprint density at radius 3 is 1.82 bits per heavy atom. The van der Waals surface area contributed by atoms with Gasteiger partial charge in [-0.25, -0.2) is 0 Å². The zero-order valence-corrected chi connectivity index (χ0v) is 8.65. The fraction of sp³-hybridized carbons (Fsp3) is 1.00. The van der Waals surface area contributed by atoms with Crippen LogP contribution in [0.3, 0.4) is 0 Å². The molecule has 0 aromatic heterocycles. The lowest BCUT2D eigenvalue weighted by Crippen LogP contribution is -2.30. The van der Waals surface area contributed by atoms with Gasteiger partial charge in [-0.1, -0.05) is 41.0 Å². The van der Waals surface area contributed by atoms with Gasteiger partial charge in [0.2, 0.25) is 0 Å². The molecular formula is C10H23N. The highest BCUT2D eigenvalue weighted by molar-refractivity contribution is 4.77. The van der Waals surface area contributed by atoms with Crippen molar-refractivity contribution in [1.29, 1.82) is 0 Å². The highest BCUT2D eigenvalue weighted by Crippen LogP contribution is 2.33. The van der Waals surface area contributed by atoms with Crippen molar-refractivity contribution in [3.05, 3.63) is 0 Å². The lowest BCUT2D eigenvalue weighted by atomic mass is 9.72. The van der Waals surface area contributed by atoms with Crippen molar-refractivity contribution >= 4 is 0 Å². The Balaban J connectivity index is 4.16. The number of hydrogen-bond acceptors (Lipinski definition) is 1. The monoisotopic (exact) mass is 157 g/mol. The summed E-state index contributed by atoms with van der Waals surface area (Å²) in [5.74, 6) is 1.41. The second-order valence-corrected chi connectivity index (χ2v) is 4.59. The Morgan fingerprint density at radius 1 is 1.27 bits per heavy atom. The molecule has 0 aliphatic heterocycles. The Bertz CT molecular complexity index is 102. The van der Waals surface area contributed by atoms with Gasteiger partial charge in [-0.3, -0.25) is 0 Å². The van der Waals surface area contributed by atoms with Crippen LogP contribution in [0.1, 0.15) is 41.0 Å². The molecule has 0 aromatic carbocycles. The smallest absolute Gasteiger partial charge is 0.00487 e. The molecule has 2 atom stereocenters. The zero-order chi connectivity index (χ0) is 9.07. The molecule has 0 aromatic rings. The Morgan fingerprint density at radius 2 is 1.73 bits per heavy atom. The van der Waals surface area contributed by atoms with Gasteiger partial charge in [0.15, 0.2) is 0 Å². The van der Waals surface area contributed by atoms with Crippen LogP contribution in [0, 0.1) is 17.3 Å². The van der Waals surface area contributed by atoms with E-state index in [1.807, 2.05) is 0 Å². The normalized spacial score (nSPS) is 18.0. The summed E-state index contributed by atoms with van der Waals surface area (Å²) in [4.78, 5) is 0. The van der Waals surface area contributed by atoms with Crippen molar-refractivity contribution in [2.45, 2.75) is 41.0 Å². The third kappa shape index (κ3) is 3.24. The molecule has 68 valence electrons. The van der Waals surface area contributed by atoms with Crippen LogP contribution in [0.2, 0.25) is 0 Å². The van der Waals surface area contributed by atoms with Gasteiger partial charge in [-0.15, -0.1) is 0 Å². The van der Waals surface area contributed by atoms with E-state index >= 15 is 0 Å². The van der Waals surface area contributed by atoms with Gasteiger partial charge in [0.1, 0.15) is 0 Å². The maximum absolute atomic E-state index is 5.65. The molecule has 0 amide bonds. The van der Waals surface area contributed by atoms with Crippen LogP contribution in [0.15, 0.2) is 0 Å². The molecule has 2 N–H and O–H groups in total. The molecule has 0 radical (unpaired) electrons. The number of nitrogens with two attached hydrogens (primary N) is 1. The maximum Gasteiger partial charge on any atom is -0.00487 e. The third-order valence-corrected chi connectivity index (χ3v) is 2.61. The first-order chi connectivity index (χ1) is 4.93. The van der Waals surface area contributed by atoms with E-state index in [0.29, 0.717) is 11.3 Å². The van der Waals surface area contributed by atoms with Gasteiger partial charge in [0.05, 0.1) is 0 Å². The van der Waals surface area contributed by atoms with Crippen molar-refractivity contribution in [1.82, 2.24) is 0 Å². The van der Waals surface area contributed by atoms with E-state index in [9.17, 15) is 0 Å². The van der Waals surface area contributed by atoms with E-state index < -0.39 is 0 Å². The fourth-order valence-electron chi connectivity index (χ4n) is 2.03. The first kappa shape index (κ1) is 11.0. The van der Waals surface area contributed by atoms with E-state index in [-0.39, 0.29) is 0 Å². The lowest BCUT2D eigenvalue weighted by molar-refractivity contribution is 0.166. The molecule has 2 unspecified atom stereocenters. The summed E-state index contributed by atoms with van der Waals surface area (Å²) in [6, 6.07) is 0. The first-order valence-corrected chi connectivity index (χ1v) is 4.63. The van der Waals surface area contributed by atoms with E-state index in [4.69, 9.17) is 5.73 Å². The van der Waals surface area contributed by atoms with Crippen molar-refractivity contribution in [2.75, 3.05) is 6.54 Å². The van der Waals surface area contributed by atoms with Crippen molar-refractivity contribution in [3.8, 4) is 0 Å². The fourth-order valence-corrected chi connectivity index (χ4v) is 2.03. The minimum atomic E-state index is 0.410. The van der Waals surface area contributed by atoms with Gasteiger partial charge in [-0.05, 0) is 23.8 Å². The Kier molecular flexibility index (Phi) is 4.09. The molecule has 0 saturated heterocycles. The minimum absolute atomic E-state index is 0.410. The van der Waals surface area contributed by atoms with Crippen LogP contribution in [-0.4, -0.2) is 6.54 Å². The van der Waals surface area contributed by atoms with Crippen LogP contribution in [0.5, 0.6) is 0 Å². The van der Waals surface area contributed by atoms with Gasteiger partial charge < -0.3 is 5.73 Å². The molecule has 11 heavy (non-hydrogen) atoms. The van der Waals surface area contributed by atoms with Gasteiger partial charge >= 0.3 is 0 Å². The minimum Gasteiger partial charge on any atom is -0.330 e. The highest BCUT2D eigenvalue weighted by atomic mass is 14.6. The molecule has 0 rings (SSSR count). The molecular weight excluding hydrogens is 134 g/mol. The summed E-state index contributed by atoms with van der Waals surface area (Å²) in [5, 5.41) is 0. The van der Waals surface area contributed by atoms with Gasteiger partial charge in [-0.2, -0.15) is 0 Å². The van der Waals surface area contributed by atoms with E-state index in [1.54, 1.807) is 0 Å². The average Bonchev–Trinajstić information content (AvgIpc) is 1.86. The first-order valence-electron chi connectivity index (χ1n) is 4.63. The predicted molar refractivity (Wildman–Crippen MR) is 51.5 cm³/mol. The summed E-state index contributed by atoms with van der Waals surface area (Å²) in [7, 11) is 0. The SMILES string of the molecule is CCC(C(C)CN)C(C)(C)C. The second-order valence-electron chi connectivity index (χ2n) is 4.59. The summed E-state index contributed by atoms with van der Waals surface area (Å²) < 4.78 is 0. The van der Waals surface area contributed by atoms with Crippen LogP contribution in [0.25, 0.3) is 0 Å². The molecule has 0 aliphatic rings. The van der Waals surface area contributed by atoms with Crippen LogP contribution in [0.4, 0.5) is 0 Å². The van der Waals surface area contributed by atoms with E-state index in [0.717, 1.165) is 12.5 Å². The summed E-state index contributed by atoms with van der Waals surface area (Å²) >= 11 is 0. The van der Waals surface area contributed by atoms with Crippen molar-refractivity contribution in [3.63, 3.8) is 0 Å². The molecule has 0 spiro atoms. The Hall–Kier alpha value is -0.0400. The largest absolute Gasteiger partial charge is 0.330 e. The van der Waals surface area contributed by atoms with Crippen LogP contribution < -0.4 is 5.73 Å². The van der Waals surface area contributed by atoms with Crippen molar-refractivity contribution in [2.24, 2.45) is 23.0 Å². The summed E-state index contributed by atoms with van der Waals surface area (Å²) in [6.45, 7) is 12.2. The molecule has 0 bridgehead atoms. The molecule has 1 heteroatoms. The standard InChI is InChI=1S/C10H23N/c1-6-9(8(2)7-11)10(3,4)5/h8-9H,6-7,11H2,1-5H3. The van der Waals surface area contributed by atoms with Gasteiger partial charge in [0, 0.05) is 0 Å². The molecule has 0 fully saturated rings. The quantitative estimate of drug-likeness (QED) is 0.669. The second kappa shape index (κ2) is 4.10. The Labute approximate surface area is 71.4 Å². The number of hydrogen-bond donors (Lipinski definition) is 1. The third-order valence-electron chi connectivity index (χ3n) is 2.61. The number of rotatable bonds is 3. The van der Waals surface area contributed by atoms with E-state index in [2.05, 4.69) is 34.6 Å².